The summed E-state index contributed by atoms with van der Waals surface area (Å²) in [5.41, 5.74) is 2.11. The molecule has 0 saturated carbocycles. The van der Waals surface area contributed by atoms with Gasteiger partial charge in [0.05, 0.1) is 4.90 Å². The highest BCUT2D eigenvalue weighted by atomic mass is 32.2. The van der Waals surface area contributed by atoms with Crippen molar-refractivity contribution in [2.75, 3.05) is 13.1 Å². The number of sulfonamides is 1. The van der Waals surface area contributed by atoms with Gasteiger partial charge in [0.2, 0.25) is 10.0 Å². The molecule has 2 aromatic carbocycles. The van der Waals surface area contributed by atoms with Crippen LogP contribution in [-0.2, 0) is 23.1 Å². The number of hydrogen-bond donors (Lipinski definition) is 1. The summed E-state index contributed by atoms with van der Waals surface area (Å²) < 4.78 is 40.0. The molecule has 0 amide bonds. The lowest BCUT2D eigenvalue weighted by Crippen LogP contribution is -2.23. The minimum atomic E-state index is -3.71. The summed E-state index contributed by atoms with van der Waals surface area (Å²) in [5, 5.41) is 0. The second-order valence-corrected chi connectivity index (χ2v) is 7.85. The van der Waals surface area contributed by atoms with E-state index in [1.165, 1.54) is 36.6 Å². The maximum Gasteiger partial charge on any atom is 0.240 e. The van der Waals surface area contributed by atoms with Crippen LogP contribution >= 0.6 is 0 Å². The van der Waals surface area contributed by atoms with Crippen LogP contribution in [0.15, 0.2) is 53.4 Å². The molecular weight excluding hydrogens is 327 g/mol. The third kappa shape index (κ3) is 4.41. The zero-order valence-electron chi connectivity index (χ0n) is 13.4. The van der Waals surface area contributed by atoms with E-state index < -0.39 is 15.8 Å². The Labute approximate surface area is 142 Å². The van der Waals surface area contributed by atoms with E-state index in [0.29, 0.717) is 0 Å². The van der Waals surface area contributed by atoms with Crippen molar-refractivity contribution in [3.8, 4) is 0 Å². The molecule has 3 rings (SSSR count). The van der Waals surface area contributed by atoms with Gasteiger partial charge >= 0.3 is 0 Å². The summed E-state index contributed by atoms with van der Waals surface area (Å²) in [6.07, 6.45) is 2.53. The molecule has 0 radical (unpaired) electrons. The van der Waals surface area contributed by atoms with E-state index in [1.807, 2.05) is 24.3 Å². The molecule has 24 heavy (non-hydrogen) atoms. The number of hydrogen-bond acceptors (Lipinski definition) is 3. The minimum Gasteiger partial charge on any atom is -0.299 e. The lowest BCUT2D eigenvalue weighted by molar-refractivity contribution is 0.331. The largest absolute Gasteiger partial charge is 0.299 e. The monoisotopic (exact) mass is 348 g/mol. The number of benzene rings is 2. The van der Waals surface area contributed by atoms with Crippen molar-refractivity contribution in [2.24, 2.45) is 0 Å². The third-order valence-corrected chi connectivity index (χ3v) is 5.60. The standard InChI is InChI=1S/C18H21FN2O2S/c19-17-4-3-5-18(12-17)24(22,23)20-13-15-6-8-16(9-7-15)14-21-10-1-2-11-21/h3-9,12,20H,1-2,10-11,13-14H2. The Morgan fingerprint density at radius 3 is 2.33 bits per heavy atom. The third-order valence-electron chi connectivity index (χ3n) is 4.20. The number of nitrogens with zero attached hydrogens (tertiary/aromatic N) is 1. The molecule has 2 aromatic rings. The van der Waals surface area contributed by atoms with Crippen molar-refractivity contribution in [2.45, 2.75) is 30.8 Å². The molecule has 1 fully saturated rings. The van der Waals surface area contributed by atoms with E-state index in [2.05, 4.69) is 9.62 Å². The molecule has 0 bridgehead atoms. The Morgan fingerprint density at radius 1 is 1.00 bits per heavy atom. The van der Waals surface area contributed by atoms with Gasteiger partial charge in [-0.25, -0.2) is 17.5 Å². The van der Waals surface area contributed by atoms with Gasteiger partial charge in [-0.05, 0) is 55.3 Å². The first-order valence-corrected chi connectivity index (χ1v) is 9.57. The number of likely N-dealkylation sites (tertiary alicyclic amines) is 1. The van der Waals surface area contributed by atoms with Gasteiger partial charge in [0.15, 0.2) is 0 Å². The molecule has 1 saturated heterocycles. The van der Waals surface area contributed by atoms with Crippen LogP contribution in [0.2, 0.25) is 0 Å². The van der Waals surface area contributed by atoms with E-state index >= 15 is 0 Å². The molecule has 1 N–H and O–H groups in total. The van der Waals surface area contributed by atoms with E-state index in [4.69, 9.17) is 0 Å². The topological polar surface area (TPSA) is 49.4 Å². The SMILES string of the molecule is O=S(=O)(NCc1ccc(CN2CCCC2)cc1)c1cccc(F)c1. The lowest BCUT2D eigenvalue weighted by Gasteiger charge is -2.14. The van der Waals surface area contributed by atoms with Gasteiger partial charge in [0, 0.05) is 13.1 Å². The van der Waals surface area contributed by atoms with Crippen LogP contribution in [-0.4, -0.2) is 26.4 Å². The predicted molar refractivity (Wildman–Crippen MR) is 91.4 cm³/mol. The van der Waals surface area contributed by atoms with Crippen LogP contribution in [0.4, 0.5) is 4.39 Å². The Kier molecular flexibility index (Phi) is 5.28. The Hall–Kier alpha value is -1.76. The molecule has 1 aliphatic heterocycles. The Morgan fingerprint density at radius 2 is 1.67 bits per heavy atom. The fourth-order valence-electron chi connectivity index (χ4n) is 2.86. The molecule has 0 unspecified atom stereocenters. The quantitative estimate of drug-likeness (QED) is 0.873. The molecule has 6 heteroatoms. The number of nitrogens with one attached hydrogen (secondary N) is 1. The van der Waals surface area contributed by atoms with E-state index in [0.717, 1.165) is 31.3 Å². The van der Waals surface area contributed by atoms with Crippen molar-refractivity contribution in [1.82, 2.24) is 9.62 Å². The molecule has 0 aromatic heterocycles. The molecule has 0 atom stereocenters. The Balaban J connectivity index is 1.59. The highest BCUT2D eigenvalue weighted by Crippen LogP contribution is 2.14. The maximum atomic E-state index is 13.2. The average molecular weight is 348 g/mol. The minimum absolute atomic E-state index is 0.0619. The molecule has 1 heterocycles. The first kappa shape index (κ1) is 17.1. The van der Waals surface area contributed by atoms with Crippen molar-refractivity contribution >= 4 is 10.0 Å². The van der Waals surface area contributed by atoms with Gasteiger partial charge in [-0.2, -0.15) is 0 Å². The fraction of sp³-hybridized carbons (Fsp3) is 0.333. The smallest absolute Gasteiger partial charge is 0.240 e. The van der Waals surface area contributed by atoms with E-state index in [-0.39, 0.29) is 11.4 Å². The second-order valence-electron chi connectivity index (χ2n) is 6.08. The lowest BCUT2D eigenvalue weighted by atomic mass is 10.1. The summed E-state index contributed by atoms with van der Waals surface area (Å²) in [6, 6.07) is 12.9. The van der Waals surface area contributed by atoms with Crippen molar-refractivity contribution in [3.63, 3.8) is 0 Å². The zero-order valence-corrected chi connectivity index (χ0v) is 14.2. The summed E-state index contributed by atoms with van der Waals surface area (Å²) in [4.78, 5) is 2.36. The fourth-order valence-corrected chi connectivity index (χ4v) is 3.91. The van der Waals surface area contributed by atoms with Gasteiger partial charge in [0.25, 0.3) is 0 Å². The van der Waals surface area contributed by atoms with Crippen LogP contribution in [0.5, 0.6) is 0 Å². The van der Waals surface area contributed by atoms with Crippen molar-refractivity contribution in [3.05, 3.63) is 65.5 Å². The summed E-state index contributed by atoms with van der Waals surface area (Å²) in [5.74, 6) is -0.566. The summed E-state index contributed by atoms with van der Waals surface area (Å²) in [6.45, 7) is 3.42. The Bertz CT molecular complexity index is 785. The van der Waals surface area contributed by atoms with E-state index in [9.17, 15) is 12.8 Å². The first-order valence-electron chi connectivity index (χ1n) is 8.08. The van der Waals surface area contributed by atoms with E-state index in [1.54, 1.807) is 0 Å². The van der Waals surface area contributed by atoms with Crippen LogP contribution in [0.25, 0.3) is 0 Å². The number of halogens is 1. The van der Waals surface area contributed by atoms with Crippen LogP contribution in [0, 0.1) is 5.82 Å². The zero-order chi connectivity index (χ0) is 17.0. The summed E-state index contributed by atoms with van der Waals surface area (Å²) >= 11 is 0. The van der Waals surface area contributed by atoms with Gasteiger partial charge in [-0.3, -0.25) is 4.90 Å². The normalized spacial score (nSPS) is 15.7. The highest BCUT2D eigenvalue weighted by molar-refractivity contribution is 7.89. The van der Waals surface area contributed by atoms with Gasteiger partial charge in [0.1, 0.15) is 5.82 Å². The molecule has 1 aliphatic rings. The van der Waals surface area contributed by atoms with Gasteiger partial charge in [-0.15, -0.1) is 0 Å². The van der Waals surface area contributed by atoms with Gasteiger partial charge in [-0.1, -0.05) is 30.3 Å². The first-order chi connectivity index (χ1) is 11.5. The van der Waals surface area contributed by atoms with Crippen LogP contribution in [0.3, 0.4) is 0 Å². The van der Waals surface area contributed by atoms with Crippen LogP contribution in [0.1, 0.15) is 24.0 Å². The van der Waals surface area contributed by atoms with Crippen molar-refractivity contribution < 1.29 is 12.8 Å². The highest BCUT2D eigenvalue weighted by Gasteiger charge is 2.14. The maximum absolute atomic E-state index is 13.2. The van der Waals surface area contributed by atoms with Gasteiger partial charge < -0.3 is 0 Å². The van der Waals surface area contributed by atoms with Crippen molar-refractivity contribution in [1.29, 1.82) is 0 Å². The molecule has 0 spiro atoms. The van der Waals surface area contributed by atoms with Crippen LogP contribution < -0.4 is 4.72 Å². The summed E-state index contributed by atoms with van der Waals surface area (Å²) in [7, 11) is -3.71. The number of rotatable bonds is 6. The molecule has 0 aliphatic carbocycles. The molecule has 128 valence electrons. The molecule has 4 nitrogen and oxygen atoms in total. The predicted octanol–water partition coefficient (Wildman–Crippen LogP) is 2.90. The average Bonchev–Trinajstić information content (AvgIpc) is 3.07. The molecular formula is C18H21FN2O2S. The second kappa shape index (κ2) is 7.42.